The van der Waals surface area contributed by atoms with Crippen molar-refractivity contribution >= 4 is 5.91 Å². The third kappa shape index (κ3) is 3.69. The zero-order chi connectivity index (χ0) is 13.9. The monoisotopic (exact) mass is 263 g/mol. The summed E-state index contributed by atoms with van der Waals surface area (Å²) >= 11 is 0. The van der Waals surface area contributed by atoms with Gasteiger partial charge in [0.15, 0.2) is 0 Å². The van der Waals surface area contributed by atoms with Gasteiger partial charge in [0.1, 0.15) is 0 Å². The fourth-order valence-electron chi connectivity index (χ4n) is 3.05. The molecule has 0 heterocycles. The molecule has 2 aliphatic rings. The van der Waals surface area contributed by atoms with Crippen molar-refractivity contribution in [3.8, 4) is 0 Å². The zero-order valence-electron chi connectivity index (χ0n) is 12.0. The van der Waals surface area contributed by atoms with Gasteiger partial charge < -0.3 is 10.4 Å². The van der Waals surface area contributed by atoms with Gasteiger partial charge in [-0.2, -0.15) is 0 Å². The number of hydrogen-bond donors (Lipinski definition) is 2. The van der Waals surface area contributed by atoms with Crippen LogP contribution in [0.3, 0.4) is 0 Å². The van der Waals surface area contributed by atoms with Crippen molar-refractivity contribution in [2.75, 3.05) is 6.61 Å². The first-order valence-electron chi connectivity index (χ1n) is 7.32. The Bertz CT molecular complexity index is 396. The first-order valence-corrected chi connectivity index (χ1v) is 7.32. The number of carbonyl (C=O) groups excluding carboxylic acids is 1. The first kappa shape index (κ1) is 14.3. The van der Waals surface area contributed by atoms with E-state index in [9.17, 15) is 4.79 Å². The second kappa shape index (κ2) is 5.91. The average molecular weight is 263 g/mol. The highest BCUT2D eigenvalue weighted by atomic mass is 16.3. The molecular weight excluding hydrogens is 238 g/mol. The molecule has 1 saturated carbocycles. The fourth-order valence-corrected chi connectivity index (χ4v) is 3.05. The topological polar surface area (TPSA) is 49.3 Å². The number of rotatable bonds is 3. The van der Waals surface area contributed by atoms with Gasteiger partial charge in [-0.05, 0) is 31.1 Å². The molecule has 1 fully saturated rings. The lowest BCUT2D eigenvalue weighted by Gasteiger charge is -2.32. The summed E-state index contributed by atoms with van der Waals surface area (Å²) in [6.07, 6.45) is 11.3. The van der Waals surface area contributed by atoms with Crippen molar-refractivity contribution in [2.45, 2.75) is 52.0 Å². The molecule has 2 atom stereocenters. The van der Waals surface area contributed by atoms with Crippen LogP contribution in [0.5, 0.6) is 0 Å². The minimum absolute atomic E-state index is 0.0122. The molecule has 19 heavy (non-hydrogen) atoms. The fraction of sp³-hybridized carbons (Fsp3) is 0.688. The Morgan fingerprint density at radius 1 is 1.47 bits per heavy atom. The Morgan fingerprint density at radius 3 is 2.89 bits per heavy atom. The van der Waals surface area contributed by atoms with Gasteiger partial charge in [-0.15, -0.1) is 0 Å². The molecule has 0 aromatic carbocycles. The van der Waals surface area contributed by atoms with Crippen LogP contribution in [0.1, 0.15) is 46.0 Å². The minimum Gasteiger partial charge on any atom is -0.396 e. The van der Waals surface area contributed by atoms with E-state index in [1.807, 2.05) is 12.2 Å². The minimum atomic E-state index is 0.0122. The van der Waals surface area contributed by atoms with E-state index in [-0.39, 0.29) is 29.9 Å². The van der Waals surface area contributed by atoms with E-state index in [0.29, 0.717) is 0 Å². The van der Waals surface area contributed by atoms with Gasteiger partial charge in [0.05, 0.1) is 0 Å². The van der Waals surface area contributed by atoms with Crippen molar-refractivity contribution in [3.63, 3.8) is 0 Å². The molecule has 0 radical (unpaired) electrons. The number of nitrogens with one attached hydrogen (secondary N) is 1. The molecule has 1 amide bonds. The number of hydrogen-bond acceptors (Lipinski definition) is 2. The normalized spacial score (nSPS) is 31.6. The Kier molecular flexibility index (Phi) is 4.46. The lowest BCUT2D eigenvalue weighted by molar-refractivity contribution is -0.117. The third-order valence-electron chi connectivity index (χ3n) is 4.41. The Hall–Kier alpha value is -1.09. The quantitative estimate of drug-likeness (QED) is 0.607. The highest BCUT2D eigenvalue weighted by molar-refractivity contribution is 5.88. The van der Waals surface area contributed by atoms with Gasteiger partial charge >= 0.3 is 0 Å². The molecule has 0 aromatic rings. The Labute approximate surface area is 115 Å². The number of aliphatic hydroxyl groups is 1. The molecule has 0 spiro atoms. The summed E-state index contributed by atoms with van der Waals surface area (Å²) in [6.45, 7) is 4.61. The number of amides is 1. The van der Waals surface area contributed by atoms with Crippen molar-refractivity contribution in [1.82, 2.24) is 5.32 Å². The second-order valence-electron chi connectivity index (χ2n) is 6.44. The van der Waals surface area contributed by atoms with Crippen LogP contribution in [0.15, 0.2) is 23.8 Å². The highest BCUT2D eigenvalue weighted by Gasteiger charge is 2.27. The molecule has 2 aliphatic carbocycles. The van der Waals surface area contributed by atoms with Crippen LogP contribution in [-0.2, 0) is 4.79 Å². The van der Waals surface area contributed by atoms with Gasteiger partial charge in [-0.1, -0.05) is 38.0 Å². The van der Waals surface area contributed by atoms with Gasteiger partial charge in [-0.25, -0.2) is 0 Å². The van der Waals surface area contributed by atoms with Crippen LogP contribution in [0, 0.1) is 11.3 Å². The van der Waals surface area contributed by atoms with Crippen LogP contribution in [0.2, 0.25) is 0 Å². The molecule has 0 aromatic heterocycles. The van der Waals surface area contributed by atoms with Crippen LogP contribution < -0.4 is 5.32 Å². The van der Waals surface area contributed by atoms with Crippen LogP contribution in [0.4, 0.5) is 0 Å². The van der Waals surface area contributed by atoms with E-state index in [0.717, 1.165) is 12.8 Å². The molecule has 0 unspecified atom stereocenters. The SMILES string of the molecule is CC1(C)CCCC/C1=C\C(=O)N[C@@H]1C=C[C@H](CO)C1. The third-order valence-corrected chi connectivity index (χ3v) is 4.41. The number of aliphatic hydroxyl groups excluding tert-OH is 1. The summed E-state index contributed by atoms with van der Waals surface area (Å²) in [5, 5.41) is 12.1. The average Bonchev–Trinajstić information content (AvgIpc) is 2.79. The summed E-state index contributed by atoms with van der Waals surface area (Å²) in [5.74, 6) is 0.210. The molecule has 0 aliphatic heterocycles. The molecule has 2 rings (SSSR count). The molecule has 106 valence electrons. The molecule has 2 N–H and O–H groups in total. The van der Waals surface area contributed by atoms with Gasteiger partial charge in [0, 0.05) is 24.6 Å². The summed E-state index contributed by atoms with van der Waals surface area (Å²) in [4.78, 5) is 12.1. The Morgan fingerprint density at radius 2 is 2.26 bits per heavy atom. The first-order chi connectivity index (χ1) is 9.01. The van der Waals surface area contributed by atoms with Crippen LogP contribution in [0.25, 0.3) is 0 Å². The van der Waals surface area contributed by atoms with Crippen molar-refractivity contribution < 1.29 is 9.90 Å². The molecular formula is C16H25NO2. The summed E-state index contributed by atoms with van der Waals surface area (Å²) in [5.41, 5.74) is 1.44. The number of carbonyl (C=O) groups is 1. The summed E-state index contributed by atoms with van der Waals surface area (Å²) < 4.78 is 0. The maximum absolute atomic E-state index is 12.1. The highest BCUT2D eigenvalue weighted by Crippen LogP contribution is 2.39. The van der Waals surface area contributed by atoms with E-state index in [1.165, 1.54) is 24.8 Å². The lowest BCUT2D eigenvalue weighted by atomic mass is 9.73. The smallest absolute Gasteiger partial charge is 0.244 e. The van der Waals surface area contributed by atoms with Crippen LogP contribution in [-0.4, -0.2) is 23.7 Å². The summed E-state index contributed by atoms with van der Waals surface area (Å²) in [6, 6.07) is 0.0770. The molecule has 3 heteroatoms. The maximum Gasteiger partial charge on any atom is 0.244 e. The second-order valence-corrected chi connectivity index (χ2v) is 6.44. The Balaban J connectivity index is 1.92. The molecule has 0 bridgehead atoms. The lowest BCUT2D eigenvalue weighted by Crippen LogP contribution is -2.32. The van der Waals surface area contributed by atoms with Crippen LogP contribution >= 0.6 is 0 Å². The van der Waals surface area contributed by atoms with Gasteiger partial charge in [0.25, 0.3) is 0 Å². The molecule has 3 nitrogen and oxygen atoms in total. The predicted molar refractivity (Wildman–Crippen MR) is 76.6 cm³/mol. The van der Waals surface area contributed by atoms with E-state index < -0.39 is 0 Å². The van der Waals surface area contributed by atoms with Crippen molar-refractivity contribution in [1.29, 1.82) is 0 Å². The van der Waals surface area contributed by atoms with Crippen molar-refractivity contribution in [2.24, 2.45) is 11.3 Å². The zero-order valence-corrected chi connectivity index (χ0v) is 12.0. The van der Waals surface area contributed by atoms with Crippen molar-refractivity contribution in [3.05, 3.63) is 23.8 Å². The number of allylic oxidation sites excluding steroid dienone is 1. The van der Waals surface area contributed by atoms with E-state index >= 15 is 0 Å². The largest absolute Gasteiger partial charge is 0.396 e. The summed E-state index contributed by atoms with van der Waals surface area (Å²) in [7, 11) is 0. The maximum atomic E-state index is 12.1. The van der Waals surface area contributed by atoms with Gasteiger partial charge in [0.2, 0.25) is 5.91 Å². The predicted octanol–water partition coefficient (Wildman–Crippen LogP) is 2.57. The van der Waals surface area contributed by atoms with Gasteiger partial charge in [-0.3, -0.25) is 4.79 Å². The van der Waals surface area contributed by atoms with E-state index in [4.69, 9.17) is 5.11 Å². The van der Waals surface area contributed by atoms with E-state index in [1.54, 1.807) is 6.08 Å². The van der Waals surface area contributed by atoms with E-state index in [2.05, 4.69) is 19.2 Å². The standard InChI is InChI=1S/C16H25NO2/c1-16(2)8-4-3-5-13(16)10-15(19)17-14-7-6-12(9-14)11-18/h6-7,10,12,14,18H,3-5,8-9,11H2,1-2H3,(H,17,19)/b13-10+/t12-,14+/m0/s1. The molecule has 0 saturated heterocycles.